The standard InChI is InChI=1S/C16H17BrOS/c1-11-7-12(2)9-13(8-11)16(18)10-19-15-5-3-14(17)4-6-15/h3-9,16,18H,10H2,1-2H3. The third kappa shape index (κ3) is 4.37. The first kappa shape index (κ1) is 14.6. The summed E-state index contributed by atoms with van der Waals surface area (Å²) in [6.07, 6.45) is -0.424. The van der Waals surface area contributed by atoms with Crippen molar-refractivity contribution in [2.75, 3.05) is 5.75 Å². The van der Waals surface area contributed by atoms with Gasteiger partial charge in [0, 0.05) is 15.1 Å². The van der Waals surface area contributed by atoms with Crippen LogP contribution in [0.4, 0.5) is 0 Å². The molecule has 1 N–H and O–H groups in total. The predicted molar refractivity (Wildman–Crippen MR) is 85.7 cm³/mol. The van der Waals surface area contributed by atoms with Crippen LogP contribution in [0.1, 0.15) is 22.8 Å². The predicted octanol–water partition coefficient (Wildman–Crippen LogP) is 4.89. The van der Waals surface area contributed by atoms with Gasteiger partial charge in [0.1, 0.15) is 0 Å². The van der Waals surface area contributed by atoms with Crippen LogP contribution in [0, 0.1) is 13.8 Å². The Morgan fingerprint density at radius 1 is 1.05 bits per heavy atom. The highest BCUT2D eigenvalue weighted by Gasteiger charge is 2.09. The molecule has 1 nitrogen and oxygen atoms in total. The van der Waals surface area contributed by atoms with E-state index in [-0.39, 0.29) is 0 Å². The largest absolute Gasteiger partial charge is 0.388 e. The van der Waals surface area contributed by atoms with Gasteiger partial charge in [-0.1, -0.05) is 45.3 Å². The first-order valence-electron chi connectivity index (χ1n) is 6.19. The third-order valence-electron chi connectivity index (χ3n) is 2.85. The Balaban J connectivity index is 2.00. The van der Waals surface area contributed by atoms with E-state index in [2.05, 4.69) is 60.1 Å². The molecule has 1 atom stereocenters. The second kappa shape index (κ2) is 6.60. The summed E-state index contributed by atoms with van der Waals surface area (Å²) in [7, 11) is 0. The molecule has 0 bridgehead atoms. The Morgan fingerprint density at radius 3 is 2.21 bits per heavy atom. The van der Waals surface area contributed by atoms with Gasteiger partial charge in [0.2, 0.25) is 0 Å². The SMILES string of the molecule is Cc1cc(C)cc(C(O)CSc2ccc(Br)cc2)c1. The van der Waals surface area contributed by atoms with Gasteiger partial charge in [0.25, 0.3) is 0 Å². The lowest BCUT2D eigenvalue weighted by molar-refractivity contribution is 0.204. The van der Waals surface area contributed by atoms with Crippen LogP contribution in [0.15, 0.2) is 51.8 Å². The van der Waals surface area contributed by atoms with Crippen molar-refractivity contribution in [2.24, 2.45) is 0 Å². The monoisotopic (exact) mass is 336 g/mol. The number of aryl methyl sites for hydroxylation is 2. The molecule has 0 radical (unpaired) electrons. The Labute approximate surface area is 127 Å². The highest BCUT2D eigenvalue weighted by Crippen LogP contribution is 2.26. The summed E-state index contributed by atoms with van der Waals surface area (Å²) < 4.78 is 1.08. The smallest absolute Gasteiger partial charge is 0.0884 e. The molecule has 0 aliphatic carbocycles. The van der Waals surface area contributed by atoms with E-state index in [1.54, 1.807) is 11.8 Å². The zero-order valence-corrected chi connectivity index (χ0v) is 13.5. The minimum atomic E-state index is -0.424. The van der Waals surface area contributed by atoms with E-state index in [4.69, 9.17) is 0 Å². The molecule has 1 unspecified atom stereocenters. The lowest BCUT2D eigenvalue weighted by atomic mass is 10.0. The topological polar surface area (TPSA) is 20.2 Å². The van der Waals surface area contributed by atoms with Crippen molar-refractivity contribution in [3.8, 4) is 0 Å². The van der Waals surface area contributed by atoms with Crippen LogP contribution in [0.3, 0.4) is 0 Å². The van der Waals surface area contributed by atoms with Gasteiger partial charge in [-0.05, 0) is 43.7 Å². The molecule has 0 aliphatic heterocycles. The fourth-order valence-corrected chi connectivity index (χ4v) is 3.14. The summed E-state index contributed by atoms with van der Waals surface area (Å²) in [4.78, 5) is 1.17. The van der Waals surface area contributed by atoms with Crippen LogP contribution in [0.5, 0.6) is 0 Å². The summed E-state index contributed by atoms with van der Waals surface area (Å²) in [6, 6.07) is 14.4. The molecule has 0 amide bonds. The van der Waals surface area contributed by atoms with E-state index in [1.165, 1.54) is 16.0 Å². The van der Waals surface area contributed by atoms with E-state index in [0.29, 0.717) is 5.75 Å². The average Bonchev–Trinajstić information content (AvgIpc) is 2.36. The number of hydrogen-bond acceptors (Lipinski definition) is 2. The van der Waals surface area contributed by atoms with Gasteiger partial charge in [-0.15, -0.1) is 11.8 Å². The van der Waals surface area contributed by atoms with Crippen LogP contribution in [0.2, 0.25) is 0 Å². The molecular formula is C16H17BrOS. The first-order valence-corrected chi connectivity index (χ1v) is 7.97. The van der Waals surface area contributed by atoms with Crippen molar-refractivity contribution in [3.63, 3.8) is 0 Å². The first-order chi connectivity index (χ1) is 9.04. The molecule has 0 aliphatic rings. The fourth-order valence-electron chi connectivity index (χ4n) is 2.00. The second-order valence-corrected chi connectivity index (χ2v) is 6.71. The molecule has 2 aromatic carbocycles. The average molecular weight is 337 g/mol. The number of rotatable bonds is 4. The Morgan fingerprint density at radius 2 is 1.63 bits per heavy atom. The quantitative estimate of drug-likeness (QED) is 0.802. The maximum atomic E-state index is 10.3. The Bertz CT molecular complexity index is 531. The van der Waals surface area contributed by atoms with Gasteiger partial charge in [-0.3, -0.25) is 0 Å². The van der Waals surface area contributed by atoms with Gasteiger partial charge in [0.05, 0.1) is 6.10 Å². The molecule has 0 spiro atoms. The number of halogens is 1. The van der Waals surface area contributed by atoms with E-state index >= 15 is 0 Å². The minimum absolute atomic E-state index is 0.424. The van der Waals surface area contributed by atoms with Crippen molar-refractivity contribution >= 4 is 27.7 Å². The van der Waals surface area contributed by atoms with E-state index < -0.39 is 6.10 Å². The normalized spacial score (nSPS) is 12.4. The molecule has 3 heteroatoms. The van der Waals surface area contributed by atoms with E-state index in [0.717, 1.165) is 10.0 Å². The Kier molecular flexibility index (Phi) is 5.08. The Hall–Kier alpha value is -0.770. The van der Waals surface area contributed by atoms with Crippen molar-refractivity contribution < 1.29 is 5.11 Å². The van der Waals surface area contributed by atoms with Crippen molar-refractivity contribution in [1.82, 2.24) is 0 Å². The maximum absolute atomic E-state index is 10.3. The zero-order valence-electron chi connectivity index (χ0n) is 11.1. The summed E-state index contributed by atoms with van der Waals surface area (Å²) in [5, 5.41) is 10.3. The summed E-state index contributed by atoms with van der Waals surface area (Å²) in [6.45, 7) is 4.12. The molecule has 2 rings (SSSR count). The van der Waals surface area contributed by atoms with Gasteiger partial charge in [-0.25, -0.2) is 0 Å². The summed E-state index contributed by atoms with van der Waals surface area (Å²) >= 11 is 5.09. The van der Waals surface area contributed by atoms with E-state index in [1.807, 2.05) is 12.1 Å². The second-order valence-electron chi connectivity index (χ2n) is 4.70. The molecule has 100 valence electrons. The van der Waals surface area contributed by atoms with Crippen LogP contribution >= 0.6 is 27.7 Å². The molecule has 0 heterocycles. The fraction of sp³-hybridized carbons (Fsp3) is 0.250. The lowest BCUT2D eigenvalue weighted by Gasteiger charge is -2.12. The number of hydrogen-bond donors (Lipinski definition) is 1. The van der Waals surface area contributed by atoms with Crippen LogP contribution in [-0.2, 0) is 0 Å². The molecule has 0 saturated heterocycles. The highest BCUT2D eigenvalue weighted by molar-refractivity contribution is 9.10. The molecule has 2 aromatic rings. The van der Waals surface area contributed by atoms with Crippen LogP contribution in [-0.4, -0.2) is 10.9 Å². The van der Waals surface area contributed by atoms with Gasteiger partial charge < -0.3 is 5.11 Å². The molecule has 0 fully saturated rings. The zero-order chi connectivity index (χ0) is 13.8. The van der Waals surface area contributed by atoms with E-state index in [9.17, 15) is 5.11 Å². The number of thioether (sulfide) groups is 1. The van der Waals surface area contributed by atoms with Crippen molar-refractivity contribution in [2.45, 2.75) is 24.8 Å². The van der Waals surface area contributed by atoms with Crippen molar-refractivity contribution in [1.29, 1.82) is 0 Å². The number of aliphatic hydroxyl groups is 1. The number of aliphatic hydroxyl groups excluding tert-OH is 1. The maximum Gasteiger partial charge on any atom is 0.0884 e. The minimum Gasteiger partial charge on any atom is -0.388 e. The molecular weight excluding hydrogens is 320 g/mol. The summed E-state index contributed by atoms with van der Waals surface area (Å²) in [5.41, 5.74) is 3.40. The molecule has 0 saturated carbocycles. The van der Waals surface area contributed by atoms with Gasteiger partial charge in [0.15, 0.2) is 0 Å². The van der Waals surface area contributed by atoms with Gasteiger partial charge in [-0.2, -0.15) is 0 Å². The lowest BCUT2D eigenvalue weighted by Crippen LogP contribution is -2.01. The summed E-state index contributed by atoms with van der Waals surface area (Å²) in [5.74, 6) is 0.671. The van der Waals surface area contributed by atoms with Gasteiger partial charge >= 0.3 is 0 Å². The molecule has 0 aromatic heterocycles. The highest BCUT2D eigenvalue weighted by atomic mass is 79.9. The third-order valence-corrected chi connectivity index (χ3v) is 4.47. The van der Waals surface area contributed by atoms with Crippen LogP contribution in [0.25, 0.3) is 0 Å². The van der Waals surface area contributed by atoms with Crippen LogP contribution < -0.4 is 0 Å². The van der Waals surface area contributed by atoms with Crippen molar-refractivity contribution in [3.05, 3.63) is 63.6 Å². The molecule has 19 heavy (non-hydrogen) atoms. The number of benzene rings is 2.